The van der Waals surface area contributed by atoms with Crippen LogP contribution in [0.2, 0.25) is 0 Å². The van der Waals surface area contributed by atoms with Gasteiger partial charge in [-0.2, -0.15) is 0 Å². The van der Waals surface area contributed by atoms with Crippen LogP contribution in [0, 0.1) is 25.5 Å². The molecule has 1 saturated heterocycles. The van der Waals surface area contributed by atoms with Crippen molar-refractivity contribution in [3.8, 4) is 0 Å². The zero-order valence-corrected chi connectivity index (χ0v) is 22.8. The van der Waals surface area contributed by atoms with Crippen LogP contribution in [0.1, 0.15) is 34.6 Å². The Kier molecular flexibility index (Phi) is 9.63. The van der Waals surface area contributed by atoms with Gasteiger partial charge in [-0.05, 0) is 66.8 Å². The van der Waals surface area contributed by atoms with E-state index in [0.29, 0.717) is 13.1 Å². The third-order valence-electron chi connectivity index (χ3n) is 7.51. The quantitative estimate of drug-likeness (QED) is 0.359. The van der Waals surface area contributed by atoms with Gasteiger partial charge in [-0.3, -0.25) is 19.4 Å². The van der Waals surface area contributed by atoms with Gasteiger partial charge in [0.2, 0.25) is 11.8 Å². The molecule has 0 spiro atoms. The standard InChI is InChI=1S/C31H36F2N4O3/c1-20-4-3-5-21(2)30(20)35-29(39)19-36-14-15-37(28(18-36)31(34)40)17-26(38)16-27(22-6-10-24(32)11-7-22)23-8-12-25(33)13-9-23/h3-13,26-28,38H,14-19H2,1-2H3,(H2,34,40)(H,35,39). The van der Waals surface area contributed by atoms with Gasteiger partial charge < -0.3 is 16.2 Å². The van der Waals surface area contributed by atoms with Crippen molar-refractivity contribution in [3.05, 3.63) is 101 Å². The number of carbonyl (C=O) groups is 2. The van der Waals surface area contributed by atoms with Crippen LogP contribution in [-0.2, 0) is 9.59 Å². The smallest absolute Gasteiger partial charge is 0.238 e. The molecule has 2 atom stereocenters. The van der Waals surface area contributed by atoms with E-state index < -0.39 is 18.1 Å². The number of anilines is 1. The molecule has 7 nitrogen and oxygen atoms in total. The highest BCUT2D eigenvalue weighted by molar-refractivity contribution is 5.93. The maximum Gasteiger partial charge on any atom is 0.238 e. The molecule has 2 unspecified atom stereocenters. The normalized spacial score (nSPS) is 17.1. The van der Waals surface area contributed by atoms with Crippen LogP contribution in [0.5, 0.6) is 0 Å². The molecule has 1 heterocycles. The summed E-state index contributed by atoms with van der Waals surface area (Å²) in [6.45, 7) is 5.41. The van der Waals surface area contributed by atoms with Crippen LogP contribution in [0.25, 0.3) is 0 Å². The summed E-state index contributed by atoms with van der Waals surface area (Å²) in [7, 11) is 0. The molecule has 9 heteroatoms. The summed E-state index contributed by atoms with van der Waals surface area (Å²) < 4.78 is 27.1. The van der Waals surface area contributed by atoms with E-state index in [1.54, 1.807) is 24.3 Å². The predicted octanol–water partition coefficient (Wildman–Crippen LogP) is 3.57. The van der Waals surface area contributed by atoms with Crippen LogP contribution in [-0.4, -0.2) is 71.6 Å². The third-order valence-corrected chi connectivity index (χ3v) is 7.51. The first-order valence-corrected chi connectivity index (χ1v) is 13.4. The van der Waals surface area contributed by atoms with Gasteiger partial charge in [0, 0.05) is 37.8 Å². The minimum Gasteiger partial charge on any atom is -0.392 e. The van der Waals surface area contributed by atoms with E-state index in [-0.39, 0.29) is 49.5 Å². The Hall–Kier alpha value is -3.66. The van der Waals surface area contributed by atoms with Crippen LogP contribution >= 0.6 is 0 Å². The van der Waals surface area contributed by atoms with Crippen molar-refractivity contribution in [3.63, 3.8) is 0 Å². The van der Waals surface area contributed by atoms with Crippen molar-refractivity contribution in [1.82, 2.24) is 9.80 Å². The van der Waals surface area contributed by atoms with Gasteiger partial charge in [-0.15, -0.1) is 0 Å². The molecule has 3 aromatic rings. The number of piperazine rings is 1. The highest BCUT2D eigenvalue weighted by atomic mass is 19.1. The Bertz CT molecular complexity index is 1250. The summed E-state index contributed by atoms with van der Waals surface area (Å²) in [6.07, 6.45) is -0.568. The van der Waals surface area contributed by atoms with Crippen molar-refractivity contribution in [2.45, 2.75) is 38.3 Å². The van der Waals surface area contributed by atoms with Gasteiger partial charge in [0.1, 0.15) is 17.7 Å². The number of para-hydroxylation sites is 1. The highest BCUT2D eigenvalue weighted by Crippen LogP contribution is 2.30. The van der Waals surface area contributed by atoms with E-state index in [1.807, 2.05) is 41.8 Å². The molecular weight excluding hydrogens is 514 g/mol. The fourth-order valence-electron chi connectivity index (χ4n) is 5.37. The van der Waals surface area contributed by atoms with Crippen molar-refractivity contribution in [2.24, 2.45) is 5.73 Å². The molecule has 2 amide bonds. The molecule has 1 aliphatic heterocycles. The largest absolute Gasteiger partial charge is 0.392 e. The van der Waals surface area contributed by atoms with Gasteiger partial charge >= 0.3 is 0 Å². The number of β-amino-alcohol motifs (C(OH)–C–C–N with tert-alkyl or cyclic N) is 1. The fourth-order valence-corrected chi connectivity index (χ4v) is 5.37. The Morgan fingerprint density at radius 1 is 0.950 bits per heavy atom. The second-order valence-electron chi connectivity index (χ2n) is 10.5. The SMILES string of the molecule is Cc1cccc(C)c1NC(=O)CN1CCN(CC(O)CC(c2ccc(F)cc2)c2ccc(F)cc2)C(C(N)=O)C1. The number of carbonyl (C=O) groups excluding carboxylic acids is 2. The second-order valence-corrected chi connectivity index (χ2v) is 10.5. The molecule has 0 aliphatic carbocycles. The number of nitrogens with zero attached hydrogens (tertiary/aromatic N) is 2. The zero-order chi connectivity index (χ0) is 28.8. The molecule has 0 radical (unpaired) electrons. The molecule has 1 fully saturated rings. The summed E-state index contributed by atoms with van der Waals surface area (Å²) in [5.41, 5.74) is 10.1. The van der Waals surface area contributed by atoms with Crippen molar-refractivity contribution < 1.29 is 23.5 Å². The number of primary amides is 1. The second kappa shape index (κ2) is 13.1. The molecule has 0 aromatic heterocycles. The maximum absolute atomic E-state index is 13.6. The first-order chi connectivity index (χ1) is 19.1. The van der Waals surface area contributed by atoms with E-state index in [9.17, 15) is 23.5 Å². The molecule has 4 N–H and O–H groups in total. The van der Waals surface area contributed by atoms with E-state index in [4.69, 9.17) is 5.73 Å². The number of aliphatic hydroxyl groups excluding tert-OH is 1. The van der Waals surface area contributed by atoms with Gasteiger partial charge in [0.25, 0.3) is 0 Å². The Labute approximate surface area is 233 Å². The summed E-state index contributed by atoms with van der Waals surface area (Å²) in [5.74, 6) is -1.74. The van der Waals surface area contributed by atoms with E-state index in [2.05, 4.69) is 5.32 Å². The molecule has 4 rings (SSSR count). The first-order valence-electron chi connectivity index (χ1n) is 13.4. The molecule has 1 aliphatic rings. The molecule has 212 valence electrons. The third kappa shape index (κ3) is 7.50. The van der Waals surface area contributed by atoms with Gasteiger partial charge in [0.05, 0.1) is 12.6 Å². The van der Waals surface area contributed by atoms with E-state index >= 15 is 0 Å². The number of benzene rings is 3. The highest BCUT2D eigenvalue weighted by Gasteiger charge is 2.33. The zero-order valence-electron chi connectivity index (χ0n) is 22.8. The Morgan fingerprint density at radius 2 is 1.50 bits per heavy atom. The number of nitrogens with two attached hydrogens (primary N) is 1. The fraction of sp³-hybridized carbons (Fsp3) is 0.355. The lowest BCUT2D eigenvalue weighted by Crippen LogP contribution is -2.60. The molecule has 0 bridgehead atoms. The number of hydrogen-bond donors (Lipinski definition) is 3. The molecule has 40 heavy (non-hydrogen) atoms. The number of hydrogen-bond acceptors (Lipinski definition) is 5. The minimum atomic E-state index is -0.846. The lowest BCUT2D eigenvalue weighted by atomic mass is 9.86. The average Bonchev–Trinajstić information content (AvgIpc) is 2.91. The van der Waals surface area contributed by atoms with Crippen LogP contribution in [0.4, 0.5) is 14.5 Å². The van der Waals surface area contributed by atoms with E-state index in [1.165, 1.54) is 24.3 Å². The first kappa shape index (κ1) is 29.3. The number of halogens is 2. The van der Waals surface area contributed by atoms with Crippen LogP contribution in [0.15, 0.2) is 66.7 Å². The van der Waals surface area contributed by atoms with Gasteiger partial charge in [-0.25, -0.2) is 8.78 Å². The average molecular weight is 551 g/mol. The summed E-state index contributed by atoms with van der Waals surface area (Å²) in [6, 6.07) is 17.2. The van der Waals surface area contributed by atoms with Crippen LogP contribution in [0.3, 0.4) is 0 Å². The van der Waals surface area contributed by atoms with Gasteiger partial charge in [0.15, 0.2) is 0 Å². The number of aliphatic hydroxyl groups is 1. The molecule has 3 aromatic carbocycles. The summed E-state index contributed by atoms with van der Waals surface area (Å²) in [5, 5.41) is 14.1. The Morgan fingerprint density at radius 3 is 2.02 bits per heavy atom. The van der Waals surface area contributed by atoms with Gasteiger partial charge in [-0.1, -0.05) is 42.5 Å². The molecule has 0 saturated carbocycles. The lowest BCUT2D eigenvalue weighted by Gasteiger charge is -2.40. The minimum absolute atomic E-state index is 0.116. The maximum atomic E-state index is 13.6. The van der Waals surface area contributed by atoms with Crippen molar-refractivity contribution >= 4 is 17.5 Å². The number of nitrogens with one attached hydrogen (secondary N) is 1. The van der Waals surface area contributed by atoms with E-state index in [0.717, 1.165) is 27.9 Å². The van der Waals surface area contributed by atoms with Crippen molar-refractivity contribution in [2.75, 3.05) is 38.0 Å². The Balaban J connectivity index is 1.40. The summed E-state index contributed by atoms with van der Waals surface area (Å²) in [4.78, 5) is 28.9. The topological polar surface area (TPSA) is 98.9 Å². The number of rotatable bonds is 10. The summed E-state index contributed by atoms with van der Waals surface area (Å²) >= 11 is 0. The number of amides is 2. The lowest BCUT2D eigenvalue weighted by molar-refractivity contribution is -0.128. The van der Waals surface area contributed by atoms with Crippen LogP contribution < -0.4 is 11.1 Å². The predicted molar refractivity (Wildman–Crippen MR) is 151 cm³/mol. The molecular formula is C31H36F2N4O3. The number of aryl methyl sites for hydroxylation is 2. The monoisotopic (exact) mass is 550 g/mol. The van der Waals surface area contributed by atoms with Crippen molar-refractivity contribution in [1.29, 1.82) is 0 Å².